The van der Waals surface area contributed by atoms with Gasteiger partial charge in [0.2, 0.25) is 5.91 Å². The molecule has 0 bridgehead atoms. The molecule has 1 aliphatic rings. The van der Waals surface area contributed by atoms with Crippen molar-refractivity contribution in [3.63, 3.8) is 0 Å². The molecular weight excluding hydrogens is 370 g/mol. The van der Waals surface area contributed by atoms with Crippen LogP contribution < -0.4 is 10.5 Å². The van der Waals surface area contributed by atoms with E-state index in [0.29, 0.717) is 26.2 Å². The van der Waals surface area contributed by atoms with Gasteiger partial charge in [0.05, 0.1) is 6.61 Å². The van der Waals surface area contributed by atoms with E-state index in [1.54, 1.807) is 16.7 Å². The summed E-state index contributed by atoms with van der Waals surface area (Å²) in [7, 11) is 1.51. The summed E-state index contributed by atoms with van der Waals surface area (Å²) in [5, 5.41) is 0. The van der Waals surface area contributed by atoms with Crippen LogP contribution >= 0.6 is 12.4 Å². The van der Waals surface area contributed by atoms with Crippen molar-refractivity contribution >= 4 is 24.2 Å². The van der Waals surface area contributed by atoms with Crippen LogP contribution in [0.5, 0.6) is 5.75 Å². The number of aryl methyl sites for hydroxylation is 2. The molecule has 1 aliphatic heterocycles. The van der Waals surface area contributed by atoms with E-state index < -0.39 is 12.1 Å². The molecule has 2 amide bonds. The lowest BCUT2D eigenvalue weighted by atomic mass is 10.1. The smallest absolute Gasteiger partial charge is 0.263 e. The van der Waals surface area contributed by atoms with E-state index in [0.717, 1.165) is 16.9 Å². The SMILES string of the molecule is COCC(N)C(=O)N1CCN(C(=O)C(C)Oc2ccc(C)cc2C)CC1.Cl. The van der Waals surface area contributed by atoms with Gasteiger partial charge in [0.15, 0.2) is 6.10 Å². The second-order valence-electron chi connectivity index (χ2n) is 6.74. The van der Waals surface area contributed by atoms with Gasteiger partial charge in [-0.2, -0.15) is 0 Å². The zero-order valence-electron chi connectivity index (χ0n) is 16.4. The summed E-state index contributed by atoms with van der Waals surface area (Å²) in [6, 6.07) is 5.23. The number of nitrogens with zero attached hydrogens (tertiary/aromatic N) is 2. The number of carbonyl (C=O) groups excluding carboxylic acids is 2. The highest BCUT2D eigenvalue weighted by Crippen LogP contribution is 2.20. The molecule has 152 valence electrons. The van der Waals surface area contributed by atoms with Gasteiger partial charge in [-0.3, -0.25) is 9.59 Å². The number of halogens is 1. The highest BCUT2D eigenvalue weighted by molar-refractivity contribution is 5.85. The Labute approximate surface area is 167 Å². The van der Waals surface area contributed by atoms with Crippen molar-refractivity contribution in [1.29, 1.82) is 0 Å². The van der Waals surface area contributed by atoms with Gasteiger partial charge in [-0.25, -0.2) is 0 Å². The Morgan fingerprint density at radius 1 is 1.11 bits per heavy atom. The van der Waals surface area contributed by atoms with E-state index in [4.69, 9.17) is 15.2 Å². The van der Waals surface area contributed by atoms with Crippen LogP contribution in [0.25, 0.3) is 0 Å². The fourth-order valence-corrected chi connectivity index (χ4v) is 3.06. The van der Waals surface area contributed by atoms with Crippen LogP contribution in [-0.2, 0) is 14.3 Å². The lowest BCUT2D eigenvalue weighted by molar-refractivity contribution is -0.144. The summed E-state index contributed by atoms with van der Waals surface area (Å²) in [5.41, 5.74) is 7.96. The molecule has 1 aromatic rings. The Balaban J connectivity index is 0.00000364. The van der Waals surface area contributed by atoms with E-state index in [9.17, 15) is 9.59 Å². The predicted molar refractivity (Wildman–Crippen MR) is 106 cm³/mol. The van der Waals surface area contributed by atoms with E-state index >= 15 is 0 Å². The molecular formula is C19H30ClN3O4. The molecule has 2 unspecified atom stereocenters. The normalized spacial score (nSPS) is 16.3. The predicted octanol–water partition coefficient (Wildman–Crippen LogP) is 1.14. The summed E-state index contributed by atoms with van der Waals surface area (Å²) in [6.45, 7) is 7.83. The molecule has 1 fully saturated rings. The first kappa shape index (κ1) is 23.2. The largest absolute Gasteiger partial charge is 0.481 e. The number of benzene rings is 1. The highest BCUT2D eigenvalue weighted by atomic mass is 35.5. The van der Waals surface area contributed by atoms with E-state index in [1.165, 1.54) is 7.11 Å². The maximum Gasteiger partial charge on any atom is 0.263 e. The van der Waals surface area contributed by atoms with Gasteiger partial charge in [-0.05, 0) is 32.4 Å². The summed E-state index contributed by atoms with van der Waals surface area (Å²) >= 11 is 0. The summed E-state index contributed by atoms with van der Waals surface area (Å²) in [6.07, 6.45) is -0.575. The maximum atomic E-state index is 12.6. The molecule has 2 rings (SSSR count). The van der Waals surface area contributed by atoms with Gasteiger partial charge in [-0.15, -0.1) is 12.4 Å². The standard InChI is InChI=1S/C19H29N3O4.ClH/c1-13-5-6-17(14(2)11-13)26-15(3)18(23)21-7-9-22(10-8-21)19(24)16(20)12-25-4;/h5-6,11,15-16H,7-10,12,20H2,1-4H3;1H. The van der Waals surface area contributed by atoms with Crippen molar-refractivity contribution in [2.45, 2.75) is 32.9 Å². The topological polar surface area (TPSA) is 85.1 Å². The second kappa shape index (κ2) is 10.5. The first-order valence-corrected chi connectivity index (χ1v) is 8.89. The lowest BCUT2D eigenvalue weighted by Crippen LogP contribution is -2.56. The van der Waals surface area contributed by atoms with Crippen molar-refractivity contribution in [1.82, 2.24) is 9.80 Å². The van der Waals surface area contributed by atoms with Crippen molar-refractivity contribution in [3.05, 3.63) is 29.3 Å². The van der Waals surface area contributed by atoms with Crippen molar-refractivity contribution < 1.29 is 19.1 Å². The molecule has 0 radical (unpaired) electrons. The van der Waals surface area contributed by atoms with Gasteiger partial charge in [0.25, 0.3) is 5.91 Å². The van der Waals surface area contributed by atoms with Crippen LogP contribution in [-0.4, -0.2) is 73.7 Å². The Hall–Kier alpha value is -1.83. The number of carbonyl (C=O) groups is 2. The Morgan fingerprint density at radius 2 is 1.67 bits per heavy atom. The molecule has 0 spiro atoms. The minimum atomic E-state index is -0.658. The number of ether oxygens (including phenoxy) is 2. The Morgan fingerprint density at radius 3 is 2.19 bits per heavy atom. The monoisotopic (exact) mass is 399 g/mol. The van der Waals surface area contributed by atoms with Gasteiger partial charge < -0.3 is 25.0 Å². The molecule has 2 atom stereocenters. The number of nitrogens with two attached hydrogens (primary N) is 1. The quantitative estimate of drug-likeness (QED) is 0.775. The molecule has 7 nitrogen and oxygen atoms in total. The molecule has 1 saturated heterocycles. The molecule has 1 aromatic carbocycles. The number of amides is 2. The van der Waals surface area contributed by atoms with Crippen LogP contribution in [0.15, 0.2) is 18.2 Å². The number of methoxy groups -OCH3 is 1. The van der Waals surface area contributed by atoms with Gasteiger partial charge in [0.1, 0.15) is 11.8 Å². The van der Waals surface area contributed by atoms with Crippen LogP contribution in [0, 0.1) is 13.8 Å². The van der Waals surface area contributed by atoms with Gasteiger partial charge >= 0.3 is 0 Å². The second-order valence-corrected chi connectivity index (χ2v) is 6.74. The van der Waals surface area contributed by atoms with E-state index in [-0.39, 0.29) is 30.8 Å². The van der Waals surface area contributed by atoms with Crippen molar-refractivity contribution in [2.75, 3.05) is 39.9 Å². The third-order valence-electron chi connectivity index (χ3n) is 4.55. The Kier molecular flexibility index (Phi) is 9.02. The number of hydrogen-bond acceptors (Lipinski definition) is 5. The zero-order valence-corrected chi connectivity index (χ0v) is 17.3. The number of hydrogen-bond donors (Lipinski definition) is 1. The van der Waals surface area contributed by atoms with Crippen LogP contribution in [0.2, 0.25) is 0 Å². The van der Waals surface area contributed by atoms with Gasteiger partial charge in [-0.1, -0.05) is 17.7 Å². The summed E-state index contributed by atoms with van der Waals surface area (Å²) in [4.78, 5) is 28.3. The zero-order chi connectivity index (χ0) is 19.3. The molecule has 1 heterocycles. The van der Waals surface area contributed by atoms with Crippen molar-refractivity contribution in [3.8, 4) is 5.75 Å². The average molecular weight is 400 g/mol. The summed E-state index contributed by atoms with van der Waals surface area (Å²) < 4.78 is 10.8. The number of rotatable bonds is 6. The molecule has 0 aromatic heterocycles. The summed E-state index contributed by atoms with van der Waals surface area (Å²) in [5.74, 6) is 0.507. The van der Waals surface area contributed by atoms with Crippen LogP contribution in [0.1, 0.15) is 18.1 Å². The maximum absolute atomic E-state index is 12.6. The van der Waals surface area contributed by atoms with Crippen molar-refractivity contribution in [2.24, 2.45) is 5.73 Å². The fourth-order valence-electron chi connectivity index (χ4n) is 3.06. The molecule has 2 N–H and O–H groups in total. The molecule has 27 heavy (non-hydrogen) atoms. The third-order valence-corrected chi connectivity index (χ3v) is 4.55. The molecule has 0 aliphatic carbocycles. The lowest BCUT2D eigenvalue weighted by Gasteiger charge is -2.36. The first-order valence-electron chi connectivity index (χ1n) is 8.89. The fraction of sp³-hybridized carbons (Fsp3) is 0.579. The minimum absolute atomic E-state index is 0. The van der Waals surface area contributed by atoms with Crippen LogP contribution in [0.3, 0.4) is 0 Å². The van der Waals surface area contributed by atoms with Gasteiger partial charge in [0, 0.05) is 33.3 Å². The Bertz CT molecular complexity index is 648. The minimum Gasteiger partial charge on any atom is -0.481 e. The molecule has 8 heteroatoms. The van der Waals surface area contributed by atoms with E-state index in [2.05, 4.69) is 0 Å². The molecule has 0 saturated carbocycles. The third kappa shape index (κ3) is 6.09. The van der Waals surface area contributed by atoms with E-state index in [1.807, 2.05) is 32.0 Å². The van der Waals surface area contributed by atoms with Crippen LogP contribution in [0.4, 0.5) is 0 Å². The first-order chi connectivity index (χ1) is 12.3. The number of piperazine rings is 1. The average Bonchev–Trinajstić information content (AvgIpc) is 2.63. The highest BCUT2D eigenvalue weighted by Gasteiger charge is 2.29.